The van der Waals surface area contributed by atoms with E-state index < -0.39 is 11.7 Å². The smallest absolute Gasteiger partial charge is 0.254 e. The minimum atomic E-state index is -1.14. The van der Waals surface area contributed by atoms with Crippen molar-refractivity contribution in [2.45, 2.75) is 38.9 Å². The maximum absolute atomic E-state index is 12.3. The van der Waals surface area contributed by atoms with Crippen molar-refractivity contribution >= 4 is 5.91 Å². The summed E-state index contributed by atoms with van der Waals surface area (Å²) < 4.78 is 10.5. The summed E-state index contributed by atoms with van der Waals surface area (Å²) >= 11 is 0. The highest BCUT2D eigenvalue weighted by molar-refractivity contribution is 5.82. The summed E-state index contributed by atoms with van der Waals surface area (Å²) in [6.45, 7) is 7.93. The third-order valence-electron chi connectivity index (χ3n) is 3.17. The largest absolute Gasteiger partial charge is 0.387 e. The fourth-order valence-corrected chi connectivity index (χ4v) is 2.50. The van der Waals surface area contributed by atoms with Crippen molar-refractivity contribution in [2.24, 2.45) is 5.92 Å². The number of nitrogens with zero attached hydrogens (tertiary/aromatic N) is 1. The van der Waals surface area contributed by atoms with E-state index in [0.717, 1.165) is 0 Å². The van der Waals surface area contributed by atoms with E-state index in [1.165, 1.54) is 7.11 Å². The number of carbonyl (C=O) groups is 1. The van der Waals surface area contributed by atoms with Gasteiger partial charge in [0.1, 0.15) is 0 Å². The average molecular weight is 259 g/mol. The van der Waals surface area contributed by atoms with Crippen LogP contribution in [0.1, 0.15) is 27.2 Å². The number of amides is 1. The third kappa shape index (κ3) is 3.93. The summed E-state index contributed by atoms with van der Waals surface area (Å²) in [5.74, 6) is 0.154. The van der Waals surface area contributed by atoms with Crippen molar-refractivity contribution in [3.8, 4) is 0 Å². The van der Waals surface area contributed by atoms with Crippen LogP contribution in [0.15, 0.2) is 0 Å². The Hall–Kier alpha value is -0.650. The second-order valence-electron chi connectivity index (χ2n) is 5.51. The van der Waals surface area contributed by atoms with Crippen molar-refractivity contribution in [1.29, 1.82) is 0 Å². The molecular weight excluding hydrogens is 234 g/mol. The molecule has 1 fully saturated rings. The molecule has 5 heteroatoms. The van der Waals surface area contributed by atoms with Gasteiger partial charge in [0, 0.05) is 20.2 Å². The summed E-state index contributed by atoms with van der Waals surface area (Å²) in [5, 5.41) is 10.4. The van der Waals surface area contributed by atoms with Gasteiger partial charge < -0.3 is 19.5 Å². The van der Waals surface area contributed by atoms with Crippen LogP contribution in [-0.2, 0) is 14.3 Å². The van der Waals surface area contributed by atoms with Gasteiger partial charge in [-0.1, -0.05) is 13.8 Å². The molecule has 0 aromatic heterocycles. The van der Waals surface area contributed by atoms with Crippen LogP contribution in [0.5, 0.6) is 0 Å². The molecule has 1 N–H and O–H groups in total. The highest BCUT2D eigenvalue weighted by Gasteiger charge is 2.40. The molecule has 1 aliphatic heterocycles. The van der Waals surface area contributed by atoms with Crippen LogP contribution in [0, 0.1) is 5.92 Å². The molecule has 18 heavy (non-hydrogen) atoms. The molecule has 1 amide bonds. The van der Waals surface area contributed by atoms with Crippen molar-refractivity contribution in [3.05, 3.63) is 0 Å². The number of hydrogen-bond donors (Lipinski definition) is 1. The second kappa shape index (κ2) is 6.50. The van der Waals surface area contributed by atoms with E-state index in [0.29, 0.717) is 38.6 Å². The molecule has 106 valence electrons. The highest BCUT2D eigenvalue weighted by atomic mass is 16.5. The van der Waals surface area contributed by atoms with Crippen molar-refractivity contribution in [1.82, 2.24) is 4.90 Å². The summed E-state index contributed by atoms with van der Waals surface area (Å²) in [6.07, 6.45) is -0.278. The normalized spacial score (nSPS) is 21.8. The van der Waals surface area contributed by atoms with Gasteiger partial charge in [-0.15, -0.1) is 0 Å². The maximum atomic E-state index is 12.3. The van der Waals surface area contributed by atoms with Crippen LogP contribution in [0.25, 0.3) is 0 Å². The predicted molar refractivity (Wildman–Crippen MR) is 68.3 cm³/mol. The Morgan fingerprint density at radius 3 is 2.44 bits per heavy atom. The highest BCUT2D eigenvalue weighted by Crippen LogP contribution is 2.24. The molecular formula is C13H25NO4. The molecule has 1 heterocycles. The van der Waals surface area contributed by atoms with E-state index in [-0.39, 0.29) is 5.91 Å². The lowest BCUT2D eigenvalue weighted by Gasteiger charge is -2.36. The summed E-state index contributed by atoms with van der Waals surface area (Å²) in [5.41, 5.74) is -1.14. The van der Waals surface area contributed by atoms with Crippen LogP contribution in [0.4, 0.5) is 0 Å². The first kappa shape index (κ1) is 15.4. The van der Waals surface area contributed by atoms with Crippen molar-refractivity contribution in [2.75, 3.05) is 33.4 Å². The van der Waals surface area contributed by atoms with Crippen molar-refractivity contribution < 1.29 is 19.4 Å². The zero-order valence-corrected chi connectivity index (χ0v) is 11.8. The maximum Gasteiger partial charge on any atom is 0.254 e. The van der Waals surface area contributed by atoms with Crippen LogP contribution in [0.3, 0.4) is 0 Å². The van der Waals surface area contributed by atoms with Gasteiger partial charge in [-0.25, -0.2) is 0 Å². The van der Waals surface area contributed by atoms with Crippen LogP contribution in [0.2, 0.25) is 0 Å². The first-order chi connectivity index (χ1) is 8.38. The number of rotatable bonds is 5. The molecule has 1 aliphatic rings. The minimum absolute atomic E-state index is 0.147. The number of morpholine rings is 1. The summed E-state index contributed by atoms with van der Waals surface area (Å²) in [4.78, 5) is 14.0. The zero-order valence-electron chi connectivity index (χ0n) is 11.8. The third-order valence-corrected chi connectivity index (χ3v) is 3.17. The lowest BCUT2D eigenvalue weighted by Crippen LogP contribution is -2.54. The zero-order chi connectivity index (χ0) is 13.8. The molecule has 1 rings (SSSR count). The van der Waals surface area contributed by atoms with Gasteiger partial charge in [0.25, 0.3) is 5.91 Å². The first-order valence-electron chi connectivity index (χ1n) is 6.50. The lowest BCUT2D eigenvalue weighted by atomic mass is 9.88. The Balaban J connectivity index is 2.71. The Labute approximate surface area is 109 Å². The molecule has 0 saturated carbocycles. The summed E-state index contributed by atoms with van der Waals surface area (Å²) in [6, 6.07) is 0. The van der Waals surface area contributed by atoms with Gasteiger partial charge in [0.2, 0.25) is 0 Å². The number of aliphatic hydroxyl groups is 1. The Morgan fingerprint density at radius 2 is 2.00 bits per heavy atom. The van der Waals surface area contributed by atoms with E-state index in [2.05, 4.69) is 0 Å². The van der Waals surface area contributed by atoms with Gasteiger partial charge >= 0.3 is 0 Å². The number of methoxy groups -OCH3 is 1. The molecule has 2 atom stereocenters. The minimum Gasteiger partial charge on any atom is -0.387 e. The average Bonchev–Trinajstić information content (AvgIpc) is 2.28. The molecule has 0 bridgehead atoms. The monoisotopic (exact) mass is 259 g/mol. The van der Waals surface area contributed by atoms with E-state index in [1.807, 2.05) is 13.8 Å². The molecule has 2 unspecified atom stereocenters. The molecule has 0 aromatic rings. The van der Waals surface area contributed by atoms with Gasteiger partial charge in [0.05, 0.1) is 18.8 Å². The van der Waals surface area contributed by atoms with Gasteiger partial charge in [-0.05, 0) is 19.3 Å². The Bertz CT molecular complexity index is 272. The Kier molecular flexibility index (Phi) is 5.56. The quantitative estimate of drug-likeness (QED) is 0.788. The SMILES string of the molecule is COC(C(=O)N1CCOCC1)C(C)(O)CC(C)C. The van der Waals surface area contributed by atoms with Gasteiger partial charge in [-0.3, -0.25) is 4.79 Å². The van der Waals surface area contributed by atoms with E-state index >= 15 is 0 Å². The molecule has 5 nitrogen and oxygen atoms in total. The Morgan fingerprint density at radius 1 is 1.44 bits per heavy atom. The van der Waals surface area contributed by atoms with Gasteiger partial charge in [0.15, 0.2) is 6.10 Å². The fourth-order valence-electron chi connectivity index (χ4n) is 2.50. The molecule has 1 saturated heterocycles. The number of carbonyl (C=O) groups excluding carboxylic acids is 1. The lowest BCUT2D eigenvalue weighted by molar-refractivity contribution is -0.164. The van der Waals surface area contributed by atoms with E-state index in [4.69, 9.17) is 9.47 Å². The van der Waals surface area contributed by atoms with E-state index in [1.54, 1.807) is 11.8 Å². The van der Waals surface area contributed by atoms with Crippen LogP contribution < -0.4 is 0 Å². The molecule has 0 aromatic carbocycles. The summed E-state index contributed by atoms with van der Waals surface area (Å²) in [7, 11) is 1.47. The number of ether oxygens (including phenoxy) is 2. The molecule has 0 spiro atoms. The number of hydrogen-bond acceptors (Lipinski definition) is 4. The van der Waals surface area contributed by atoms with Gasteiger partial charge in [-0.2, -0.15) is 0 Å². The van der Waals surface area contributed by atoms with Crippen LogP contribution >= 0.6 is 0 Å². The van der Waals surface area contributed by atoms with Crippen LogP contribution in [-0.4, -0.2) is 61.0 Å². The molecule has 0 radical (unpaired) electrons. The molecule has 0 aliphatic carbocycles. The predicted octanol–water partition coefficient (Wildman–Crippen LogP) is 0.657. The van der Waals surface area contributed by atoms with E-state index in [9.17, 15) is 9.90 Å². The first-order valence-corrected chi connectivity index (χ1v) is 6.50. The standard InChI is InChI=1S/C13H25NO4/c1-10(2)9-13(3,16)11(17-4)12(15)14-5-7-18-8-6-14/h10-11,16H,5-9H2,1-4H3. The van der Waals surface area contributed by atoms with Crippen molar-refractivity contribution in [3.63, 3.8) is 0 Å². The topological polar surface area (TPSA) is 59.0 Å². The second-order valence-corrected chi connectivity index (χ2v) is 5.51. The fraction of sp³-hybridized carbons (Fsp3) is 0.923.